The summed E-state index contributed by atoms with van der Waals surface area (Å²) >= 11 is 0. The second-order valence-electron chi connectivity index (χ2n) is 10.9. The van der Waals surface area contributed by atoms with Gasteiger partial charge in [-0.25, -0.2) is 23.3 Å². The number of hydrogen-bond acceptors (Lipinski definition) is 19. The molecule has 2 aliphatic rings. The zero-order valence-electron chi connectivity index (χ0n) is 25.6. The summed E-state index contributed by atoms with van der Waals surface area (Å²) in [5.74, 6) is -0.0696. The molecule has 0 radical (unpaired) electrons. The van der Waals surface area contributed by atoms with Crippen molar-refractivity contribution < 1.29 is 71.2 Å². The number of aliphatic hydroxyl groups excluding tert-OH is 3. The van der Waals surface area contributed by atoms with Gasteiger partial charge in [0.15, 0.2) is 12.5 Å². The highest BCUT2D eigenvalue weighted by Crippen LogP contribution is 2.66. The second kappa shape index (κ2) is 15.0. The predicted octanol–water partition coefficient (Wildman–Crippen LogP) is -2.44. The average Bonchev–Trinajstić information content (AvgIpc) is 3.39. The van der Waals surface area contributed by atoms with Gasteiger partial charge < -0.3 is 55.8 Å². The quantitative estimate of drug-likeness (QED) is 0.113. The molecule has 2 aromatic heterocycles. The van der Waals surface area contributed by atoms with E-state index in [1.165, 1.54) is 32.2 Å². The van der Waals surface area contributed by atoms with Crippen LogP contribution in [0.1, 0.15) is 26.3 Å². The van der Waals surface area contributed by atoms with E-state index in [0.29, 0.717) is 0 Å². The van der Waals surface area contributed by atoms with E-state index >= 15 is 0 Å². The third-order valence-electron chi connectivity index (χ3n) is 7.25. The summed E-state index contributed by atoms with van der Waals surface area (Å²) < 4.78 is 58.0. The van der Waals surface area contributed by atoms with Crippen molar-refractivity contribution in [2.75, 3.05) is 24.7 Å². The maximum atomic E-state index is 12.1. The van der Waals surface area contributed by atoms with Crippen LogP contribution in [0.2, 0.25) is 0 Å². The molecule has 11 N–H and O–H groups in total. The lowest BCUT2D eigenvalue weighted by atomic mass is 9.84. The molecular weight excluding hydrogens is 741 g/mol. The molecule has 50 heavy (non-hydrogen) atoms. The molecule has 2 aliphatic heterocycles. The number of nitriles is 2. The van der Waals surface area contributed by atoms with E-state index in [1.807, 2.05) is 6.07 Å². The fourth-order valence-electron chi connectivity index (χ4n) is 4.73. The summed E-state index contributed by atoms with van der Waals surface area (Å²) in [5.41, 5.74) is 6.02. The van der Waals surface area contributed by atoms with E-state index in [2.05, 4.69) is 23.1 Å². The number of aromatic nitrogens is 4. The van der Waals surface area contributed by atoms with E-state index in [9.17, 15) is 48.9 Å². The van der Waals surface area contributed by atoms with Gasteiger partial charge >= 0.3 is 34.8 Å². The first kappa shape index (κ1) is 41.0. The third-order valence-corrected chi connectivity index (χ3v) is 11.1. The van der Waals surface area contributed by atoms with E-state index in [-0.39, 0.29) is 11.6 Å². The SMILES string of the molecule is C[C@@]1(C#N)[C@H](O)[C@@H](CO)O[C@H]1n1ccc(N)nc1=O.C[C@@]1(C#N)[C@H](O)[C@@H](COP(=O)(O)OP(=O)(O)OP(=O)(O)O)O[C@H]1n1ccc(N)nc1=O. The van der Waals surface area contributed by atoms with Gasteiger partial charge in [0.05, 0.1) is 25.4 Å². The number of hydrogen-bond donors (Lipinski definition) is 9. The number of aliphatic hydroxyl groups is 3. The molecule has 2 aromatic rings. The lowest BCUT2D eigenvalue weighted by Gasteiger charge is -2.25. The van der Waals surface area contributed by atoms with Gasteiger partial charge in [-0.05, 0) is 26.0 Å². The van der Waals surface area contributed by atoms with Crippen LogP contribution in [0.15, 0.2) is 34.1 Å². The van der Waals surface area contributed by atoms with Crippen molar-refractivity contribution in [1.29, 1.82) is 10.5 Å². The zero-order valence-corrected chi connectivity index (χ0v) is 28.3. The maximum absolute atomic E-state index is 12.1. The van der Waals surface area contributed by atoms with Crippen molar-refractivity contribution in [3.05, 3.63) is 45.5 Å². The summed E-state index contributed by atoms with van der Waals surface area (Å²) in [6.07, 6.45) is -5.38. The zero-order chi connectivity index (χ0) is 38.0. The van der Waals surface area contributed by atoms with E-state index in [1.54, 1.807) is 6.07 Å². The fraction of sp³-hybridized carbons (Fsp3) is 0.545. The number of anilines is 2. The summed E-state index contributed by atoms with van der Waals surface area (Å²) in [4.78, 5) is 66.4. The average molecular weight is 772 g/mol. The van der Waals surface area contributed by atoms with Crippen LogP contribution in [0, 0.1) is 33.5 Å². The highest BCUT2D eigenvalue weighted by molar-refractivity contribution is 7.66. The number of rotatable bonds is 10. The highest BCUT2D eigenvalue weighted by Gasteiger charge is 2.56. The first-order valence-electron chi connectivity index (χ1n) is 13.5. The van der Waals surface area contributed by atoms with E-state index in [0.717, 1.165) is 15.3 Å². The molecule has 0 bridgehead atoms. The van der Waals surface area contributed by atoms with Crippen molar-refractivity contribution in [2.24, 2.45) is 10.8 Å². The summed E-state index contributed by atoms with van der Waals surface area (Å²) in [6, 6.07) is 6.31. The van der Waals surface area contributed by atoms with Crippen LogP contribution in [-0.2, 0) is 36.3 Å². The summed E-state index contributed by atoms with van der Waals surface area (Å²) in [6.45, 7) is 1.21. The fourth-order valence-corrected chi connectivity index (χ4v) is 7.76. The van der Waals surface area contributed by atoms with Gasteiger partial charge in [0.25, 0.3) is 0 Å². The van der Waals surface area contributed by atoms with Crippen LogP contribution < -0.4 is 22.8 Å². The maximum Gasteiger partial charge on any atom is 0.490 e. The lowest BCUT2D eigenvalue weighted by Crippen LogP contribution is -2.39. The predicted molar refractivity (Wildman–Crippen MR) is 160 cm³/mol. The summed E-state index contributed by atoms with van der Waals surface area (Å²) in [7, 11) is -16.8. The molecule has 0 saturated carbocycles. The van der Waals surface area contributed by atoms with Crippen LogP contribution in [0.4, 0.5) is 11.6 Å². The first-order chi connectivity index (χ1) is 22.9. The number of ether oxygens (including phenoxy) is 2. The minimum Gasteiger partial charge on any atom is -0.394 e. The molecule has 0 aliphatic carbocycles. The molecule has 4 rings (SSSR count). The Morgan fingerprint density at radius 2 is 1.26 bits per heavy atom. The van der Waals surface area contributed by atoms with Gasteiger partial charge in [0.1, 0.15) is 46.9 Å². The molecule has 0 spiro atoms. The van der Waals surface area contributed by atoms with E-state index in [4.69, 9.17) is 40.7 Å². The van der Waals surface area contributed by atoms with Gasteiger partial charge in [-0.3, -0.25) is 13.7 Å². The van der Waals surface area contributed by atoms with Gasteiger partial charge in [-0.15, -0.1) is 0 Å². The Labute approximate surface area is 279 Å². The Morgan fingerprint density at radius 1 is 0.840 bits per heavy atom. The normalized spacial score (nSPS) is 31.7. The Bertz CT molecular complexity index is 1930. The molecule has 2 saturated heterocycles. The molecule has 28 heteroatoms. The van der Waals surface area contributed by atoms with Crippen LogP contribution >= 0.6 is 23.5 Å². The van der Waals surface area contributed by atoms with Crippen molar-refractivity contribution in [1.82, 2.24) is 19.1 Å². The Morgan fingerprint density at radius 3 is 1.64 bits per heavy atom. The number of nitrogen functional groups attached to an aromatic ring is 2. The van der Waals surface area contributed by atoms with Gasteiger partial charge in [-0.1, -0.05) is 0 Å². The standard InChI is InChI=1S/C11H17N4O13P3.C11H14N4O4/c1-11(5-12)8(16)6(26-9(11)15-3-2-7(13)14-10(15)17)4-25-30(21,22)28-31(23,24)27-29(18,19)20;1-11(5-12)8(17)6(4-16)19-9(11)15-3-2-7(13)14-10(15)18/h2-3,6,8-9,16H,4H2,1H3,(H,21,22)(H,23,24)(H2,13,14,17)(H2,18,19,20);2-3,6,8-9,16-17H,4H2,1H3,(H2,13,14,18)/t2*6-,8-,9-,11-/m11/s1. The molecule has 10 atom stereocenters. The van der Waals surface area contributed by atoms with Crippen molar-refractivity contribution in [3.8, 4) is 12.1 Å². The van der Waals surface area contributed by atoms with Gasteiger partial charge in [-0.2, -0.15) is 29.1 Å². The number of nitrogens with two attached hydrogens (primary N) is 2. The van der Waals surface area contributed by atoms with Gasteiger partial charge in [0, 0.05) is 12.4 Å². The van der Waals surface area contributed by atoms with Crippen LogP contribution in [0.3, 0.4) is 0 Å². The van der Waals surface area contributed by atoms with Crippen molar-refractivity contribution >= 4 is 35.1 Å². The Hall–Kier alpha value is -3.45. The minimum absolute atomic E-state index is 0.0529. The van der Waals surface area contributed by atoms with Crippen LogP contribution in [0.5, 0.6) is 0 Å². The molecule has 2 unspecified atom stereocenters. The number of nitrogens with zero attached hydrogens (tertiary/aromatic N) is 6. The van der Waals surface area contributed by atoms with Crippen molar-refractivity contribution in [3.63, 3.8) is 0 Å². The van der Waals surface area contributed by atoms with Crippen LogP contribution in [0.25, 0.3) is 0 Å². The van der Waals surface area contributed by atoms with Gasteiger partial charge in [0.2, 0.25) is 0 Å². The van der Waals surface area contributed by atoms with E-state index < -0.39 is 95.8 Å². The topological polar surface area (TPSA) is 408 Å². The molecule has 0 amide bonds. The van der Waals surface area contributed by atoms with Crippen LogP contribution in [-0.4, -0.2) is 91.6 Å². The second-order valence-corrected chi connectivity index (χ2v) is 15.3. The molecule has 0 aromatic carbocycles. The monoisotopic (exact) mass is 772 g/mol. The molecule has 276 valence electrons. The lowest BCUT2D eigenvalue weighted by molar-refractivity contribution is -0.0503. The molecule has 4 heterocycles. The molecule has 25 nitrogen and oxygen atoms in total. The largest absolute Gasteiger partial charge is 0.490 e. The molecule has 2 fully saturated rings. The number of phosphoric acid groups is 3. The molecular formula is C22H31N8O17P3. The smallest absolute Gasteiger partial charge is 0.394 e. The highest BCUT2D eigenvalue weighted by atomic mass is 31.3. The Balaban J connectivity index is 0.000000303. The first-order valence-corrected chi connectivity index (χ1v) is 18.0. The Kier molecular flexibility index (Phi) is 12.3. The number of phosphoric ester groups is 1. The summed E-state index contributed by atoms with van der Waals surface area (Å²) in [5, 5.41) is 48.3. The minimum atomic E-state index is -5.74. The van der Waals surface area contributed by atoms with Crippen molar-refractivity contribution in [2.45, 2.75) is 50.7 Å². The third kappa shape index (κ3) is 9.06.